The summed E-state index contributed by atoms with van der Waals surface area (Å²) in [6, 6.07) is 21.9. The Hall–Kier alpha value is -5.03. The Morgan fingerprint density at radius 1 is 1.00 bits per heavy atom. The second-order valence-corrected chi connectivity index (χ2v) is 10.7. The van der Waals surface area contributed by atoms with Crippen molar-refractivity contribution in [3.8, 4) is 22.7 Å². The van der Waals surface area contributed by atoms with Gasteiger partial charge in [0.05, 0.1) is 11.7 Å². The summed E-state index contributed by atoms with van der Waals surface area (Å²) in [4.78, 5) is 24.6. The fourth-order valence-electron chi connectivity index (χ4n) is 5.90. The molecule has 1 fully saturated rings. The van der Waals surface area contributed by atoms with Crippen LogP contribution in [0.3, 0.4) is 0 Å². The molecule has 1 unspecified atom stereocenters. The van der Waals surface area contributed by atoms with Crippen LogP contribution in [0.2, 0.25) is 0 Å². The van der Waals surface area contributed by atoms with Crippen molar-refractivity contribution in [1.82, 2.24) is 40.7 Å². The van der Waals surface area contributed by atoms with Gasteiger partial charge in [0, 0.05) is 43.7 Å². The van der Waals surface area contributed by atoms with Crippen LogP contribution in [0, 0.1) is 5.92 Å². The van der Waals surface area contributed by atoms with Crippen LogP contribution in [-0.2, 0) is 7.05 Å². The van der Waals surface area contributed by atoms with E-state index in [0.717, 1.165) is 35.5 Å². The summed E-state index contributed by atoms with van der Waals surface area (Å²) in [5, 5.41) is 10.5. The summed E-state index contributed by atoms with van der Waals surface area (Å²) < 4.78 is 7.89. The molecule has 11 heteroatoms. The largest absolute Gasteiger partial charge is 0.436 e. The molecule has 0 radical (unpaired) electrons. The van der Waals surface area contributed by atoms with Gasteiger partial charge in [0.15, 0.2) is 5.58 Å². The average Bonchev–Trinajstić information content (AvgIpc) is 3.77. The molecular formula is C31H31N9O2. The van der Waals surface area contributed by atoms with Gasteiger partial charge in [-0.25, -0.2) is 10.5 Å². The second-order valence-electron chi connectivity index (χ2n) is 10.7. The van der Waals surface area contributed by atoms with E-state index in [9.17, 15) is 4.79 Å². The Balaban J connectivity index is 1.07. The molecular weight excluding hydrogens is 530 g/mol. The third-order valence-corrected chi connectivity index (χ3v) is 8.03. The number of hydrogen-bond donors (Lipinski definition) is 2. The van der Waals surface area contributed by atoms with Gasteiger partial charge in [-0.05, 0) is 67.6 Å². The van der Waals surface area contributed by atoms with Gasteiger partial charge in [0.25, 0.3) is 5.91 Å². The van der Waals surface area contributed by atoms with Crippen molar-refractivity contribution in [3.63, 3.8) is 0 Å². The molecule has 0 aliphatic carbocycles. The molecule has 2 aliphatic rings. The zero-order valence-electron chi connectivity index (χ0n) is 23.4. The molecule has 3 aromatic heterocycles. The first-order valence-corrected chi connectivity index (χ1v) is 14.1. The van der Waals surface area contributed by atoms with Crippen LogP contribution in [-0.4, -0.2) is 54.6 Å². The SMILES string of the molecule is CC1=NNN(C(c2ccccc2)C2CCN(C(=O)c3cc(-c4nc5cc(-c6ccnn6C)ccc5o4)ccn3)CC2)N1. The fourth-order valence-corrected chi connectivity index (χ4v) is 5.90. The number of carbonyl (C=O) groups excluding carboxylic acids is 1. The first-order chi connectivity index (χ1) is 20.5. The molecule has 1 saturated heterocycles. The number of amidine groups is 1. The lowest BCUT2D eigenvalue weighted by atomic mass is 9.85. The van der Waals surface area contributed by atoms with Crippen molar-refractivity contribution in [2.75, 3.05) is 13.1 Å². The lowest BCUT2D eigenvalue weighted by Crippen LogP contribution is -2.49. The van der Waals surface area contributed by atoms with Gasteiger partial charge in [0.2, 0.25) is 5.89 Å². The number of oxazole rings is 1. The van der Waals surface area contributed by atoms with Gasteiger partial charge >= 0.3 is 0 Å². The van der Waals surface area contributed by atoms with Crippen LogP contribution in [0.25, 0.3) is 33.8 Å². The Bertz CT molecular complexity index is 1770. The number of amides is 1. The van der Waals surface area contributed by atoms with Gasteiger partial charge in [-0.2, -0.15) is 5.10 Å². The summed E-state index contributed by atoms with van der Waals surface area (Å²) in [5.74, 6) is 1.52. The number of rotatable bonds is 6. The molecule has 5 heterocycles. The predicted octanol–water partition coefficient (Wildman–Crippen LogP) is 4.54. The molecule has 212 valence electrons. The molecule has 11 nitrogen and oxygen atoms in total. The van der Waals surface area contributed by atoms with Gasteiger partial charge < -0.3 is 9.32 Å². The van der Waals surface area contributed by atoms with E-state index in [1.54, 1.807) is 18.5 Å². The number of benzene rings is 2. The maximum absolute atomic E-state index is 13.6. The molecule has 42 heavy (non-hydrogen) atoms. The highest BCUT2D eigenvalue weighted by atomic mass is 16.3. The molecule has 0 spiro atoms. The van der Waals surface area contributed by atoms with Crippen molar-refractivity contribution < 1.29 is 9.21 Å². The number of nitrogens with one attached hydrogen (secondary N) is 2. The van der Waals surface area contributed by atoms with E-state index >= 15 is 0 Å². The van der Waals surface area contributed by atoms with Crippen LogP contribution in [0.1, 0.15) is 41.9 Å². The molecule has 5 aromatic rings. The number of piperidine rings is 1. The van der Waals surface area contributed by atoms with Gasteiger partial charge in [-0.15, -0.1) is 10.2 Å². The number of pyridine rings is 1. The van der Waals surface area contributed by atoms with Crippen molar-refractivity contribution in [1.29, 1.82) is 0 Å². The summed E-state index contributed by atoms with van der Waals surface area (Å²) >= 11 is 0. The molecule has 1 atom stereocenters. The topological polar surface area (TPSA) is 117 Å². The van der Waals surface area contributed by atoms with Crippen LogP contribution >= 0.6 is 0 Å². The van der Waals surface area contributed by atoms with Crippen LogP contribution in [0.15, 0.2) is 88.6 Å². The van der Waals surface area contributed by atoms with Crippen LogP contribution in [0.4, 0.5) is 0 Å². The normalized spacial score (nSPS) is 16.7. The number of hydrazine groups is 2. The first kappa shape index (κ1) is 25.9. The molecule has 0 bridgehead atoms. The standard InChI is InChI=1S/C31H31N9O2/c1-20-35-37-40(36-20)29(21-6-4-3-5-7-21)22-12-16-39(17-13-22)31(41)26-19-24(10-14-32-26)30-34-25-18-23(8-9-28(25)42-30)27-11-15-33-38(27)2/h3-11,14-15,18-19,22,29,37H,12-13,16-17H2,1-2H3,(H,35,36). The van der Waals surface area contributed by atoms with E-state index in [1.165, 1.54) is 5.56 Å². The number of aromatic nitrogens is 4. The monoisotopic (exact) mass is 561 g/mol. The Morgan fingerprint density at radius 2 is 1.83 bits per heavy atom. The molecule has 1 amide bonds. The molecule has 2 aliphatic heterocycles. The molecule has 2 aromatic carbocycles. The smallest absolute Gasteiger partial charge is 0.272 e. The van der Waals surface area contributed by atoms with Gasteiger partial charge in [-0.1, -0.05) is 30.3 Å². The predicted molar refractivity (Wildman–Crippen MR) is 158 cm³/mol. The molecule has 7 rings (SSSR count). The minimum atomic E-state index is -0.0854. The highest BCUT2D eigenvalue weighted by Crippen LogP contribution is 2.35. The van der Waals surface area contributed by atoms with Crippen molar-refractivity contribution in [3.05, 3.63) is 90.4 Å². The van der Waals surface area contributed by atoms with E-state index in [0.29, 0.717) is 41.7 Å². The number of carbonyl (C=O) groups is 1. The van der Waals surface area contributed by atoms with E-state index in [1.807, 2.05) is 65.1 Å². The zero-order valence-corrected chi connectivity index (χ0v) is 23.4. The number of aryl methyl sites for hydroxylation is 1. The Morgan fingerprint density at radius 3 is 2.57 bits per heavy atom. The summed E-state index contributed by atoms with van der Waals surface area (Å²) in [6.45, 7) is 3.22. The number of fused-ring (bicyclic) bond motifs is 1. The lowest BCUT2D eigenvalue weighted by Gasteiger charge is -2.39. The van der Waals surface area contributed by atoms with Crippen molar-refractivity contribution in [2.45, 2.75) is 25.8 Å². The average molecular weight is 562 g/mol. The Labute approximate surface area is 242 Å². The van der Waals surface area contributed by atoms with E-state index in [4.69, 9.17) is 9.40 Å². The number of hydrogen-bond acceptors (Lipinski definition) is 9. The van der Waals surface area contributed by atoms with E-state index in [2.05, 4.69) is 50.4 Å². The molecule has 0 saturated carbocycles. The van der Waals surface area contributed by atoms with Crippen LogP contribution < -0.4 is 11.0 Å². The maximum Gasteiger partial charge on any atom is 0.272 e. The highest BCUT2D eigenvalue weighted by Gasteiger charge is 2.35. The van der Waals surface area contributed by atoms with Crippen molar-refractivity contribution >= 4 is 22.8 Å². The van der Waals surface area contributed by atoms with Gasteiger partial charge in [0.1, 0.15) is 17.0 Å². The number of likely N-dealkylation sites (tertiary alicyclic amines) is 1. The third-order valence-electron chi connectivity index (χ3n) is 8.03. The van der Waals surface area contributed by atoms with Gasteiger partial charge in [-0.3, -0.25) is 19.9 Å². The van der Waals surface area contributed by atoms with E-state index in [-0.39, 0.29) is 11.9 Å². The molecule has 2 N–H and O–H groups in total. The zero-order chi connectivity index (χ0) is 28.6. The number of hydrazone groups is 1. The minimum Gasteiger partial charge on any atom is -0.436 e. The first-order valence-electron chi connectivity index (χ1n) is 14.1. The summed E-state index contributed by atoms with van der Waals surface area (Å²) in [7, 11) is 1.91. The fraction of sp³-hybridized carbons (Fsp3) is 0.258. The lowest BCUT2D eigenvalue weighted by molar-refractivity contribution is 0.0348. The summed E-state index contributed by atoms with van der Waals surface area (Å²) in [5.41, 5.74) is 12.1. The Kier molecular flexibility index (Phi) is 6.63. The number of nitrogens with zero attached hydrogens (tertiary/aromatic N) is 7. The summed E-state index contributed by atoms with van der Waals surface area (Å²) in [6.07, 6.45) is 5.12. The maximum atomic E-state index is 13.6. The van der Waals surface area contributed by atoms with Crippen LogP contribution in [0.5, 0.6) is 0 Å². The quantitative estimate of drug-likeness (QED) is 0.310. The highest BCUT2D eigenvalue weighted by molar-refractivity contribution is 5.93. The third kappa shape index (κ3) is 4.88. The second kappa shape index (κ2) is 10.7. The minimum absolute atomic E-state index is 0.0728. The van der Waals surface area contributed by atoms with Crippen molar-refractivity contribution in [2.24, 2.45) is 18.1 Å². The van der Waals surface area contributed by atoms with E-state index < -0.39 is 0 Å².